The first kappa shape index (κ1) is 13.7. The molecule has 100 valence electrons. The lowest BCUT2D eigenvalue weighted by Gasteiger charge is -2.14. The minimum atomic E-state index is -0.0268. The molecule has 1 aromatic heterocycles. The Morgan fingerprint density at radius 3 is 2.53 bits per heavy atom. The third kappa shape index (κ3) is 3.89. The molecule has 0 fully saturated rings. The topological polar surface area (TPSA) is 42.0 Å². The summed E-state index contributed by atoms with van der Waals surface area (Å²) in [5.41, 5.74) is 2.03. The highest BCUT2D eigenvalue weighted by Gasteiger charge is 2.18. The van der Waals surface area contributed by atoms with E-state index in [1.165, 1.54) is 11.3 Å². The Labute approximate surface area is 117 Å². The molecular formula is C15H18N2OS. The highest BCUT2D eigenvalue weighted by atomic mass is 32.1. The van der Waals surface area contributed by atoms with Crippen LogP contribution >= 0.6 is 11.3 Å². The summed E-state index contributed by atoms with van der Waals surface area (Å²) in [6.45, 7) is 6.33. The number of nitrogens with zero attached hydrogens (tertiary/aromatic N) is 1. The monoisotopic (exact) mass is 274 g/mol. The van der Waals surface area contributed by atoms with Crippen LogP contribution in [0.2, 0.25) is 0 Å². The maximum absolute atomic E-state index is 11.9. The molecule has 3 nitrogen and oxygen atoms in total. The quantitative estimate of drug-likeness (QED) is 0.928. The smallest absolute Gasteiger partial charge is 0.230 e. The largest absolute Gasteiger partial charge is 0.302 e. The highest BCUT2D eigenvalue weighted by Crippen LogP contribution is 2.26. The van der Waals surface area contributed by atoms with Crippen molar-refractivity contribution in [3.63, 3.8) is 0 Å². The number of carbonyl (C=O) groups excluding carboxylic acids is 1. The summed E-state index contributed by atoms with van der Waals surface area (Å²) >= 11 is 1.47. The fourth-order valence-electron chi connectivity index (χ4n) is 1.62. The van der Waals surface area contributed by atoms with Gasteiger partial charge in [-0.2, -0.15) is 0 Å². The van der Waals surface area contributed by atoms with Crippen LogP contribution in [0.15, 0.2) is 35.7 Å². The molecule has 0 atom stereocenters. The van der Waals surface area contributed by atoms with Gasteiger partial charge in [0.05, 0.1) is 12.1 Å². The zero-order valence-corrected chi connectivity index (χ0v) is 12.3. The van der Waals surface area contributed by atoms with Crippen LogP contribution in [0, 0.1) is 0 Å². The lowest BCUT2D eigenvalue weighted by molar-refractivity contribution is -0.115. The van der Waals surface area contributed by atoms with Crippen LogP contribution in [0.1, 0.15) is 32.0 Å². The van der Waals surface area contributed by atoms with Gasteiger partial charge in [-0.05, 0) is 5.56 Å². The van der Waals surface area contributed by atoms with E-state index in [0.29, 0.717) is 11.6 Å². The molecule has 0 aliphatic carbocycles. The van der Waals surface area contributed by atoms with Crippen molar-refractivity contribution in [2.75, 3.05) is 5.32 Å². The Morgan fingerprint density at radius 2 is 1.95 bits per heavy atom. The van der Waals surface area contributed by atoms with Gasteiger partial charge in [-0.1, -0.05) is 51.1 Å². The van der Waals surface area contributed by atoms with E-state index < -0.39 is 0 Å². The molecule has 2 rings (SSSR count). The van der Waals surface area contributed by atoms with Gasteiger partial charge in [-0.15, -0.1) is 11.3 Å². The van der Waals surface area contributed by atoms with Gasteiger partial charge in [0, 0.05) is 10.8 Å². The fraction of sp³-hybridized carbons (Fsp3) is 0.333. The maximum atomic E-state index is 11.9. The number of nitrogens with one attached hydrogen (secondary N) is 1. The van der Waals surface area contributed by atoms with E-state index in [9.17, 15) is 4.79 Å². The van der Waals surface area contributed by atoms with Crippen LogP contribution in [-0.4, -0.2) is 10.9 Å². The number of hydrogen-bond donors (Lipinski definition) is 1. The van der Waals surface area contributed by atoms with Crippen molar-refractivity contribution in [1.82, 2.24) is 4.98 Å². The predicted octanol–water partition coefficient (Wildman–Crippen LogP) is 3.62. The molecule has 0 spiro atoms. The van der Waals surface area contributed by atoms with Crippen LogP contribution < -0.4 is 5.32 Å². The fourth-order valence-corrected chi connectivity index (χ4v) is 2.57. The molecule has 2 aromatic rings. The van der Waals surface area contributed by atoms with Crippen molar-refractivity contribution in [3.8, 4) is 0 Å². The summed E-state index contributed by atoms with van der Waals surface area (Å²) < 4.78 is 0. The summed E-state index contributed by atoms with van der Waals surface area (Å²) in [6, 6.07) is 9.70. The van der Waals surface area contributed by atoms with Crippen LogP contribution in [0.3, 0.4) is 0 Å². The van der Waals surface area contributed by atoms with Crippen molar-refractivity contribution >= 4 is 22.4 Å². The summed E-state index contributed by atoms with van der Waals surface area (Å²) in [5, 5.41) is 5.52. The van der Waals surface area contributed by atoms with E-state index >= 15 is 0 Å². The number of benzene rings is 1. The molecule has 0 aliphatic heterocycles. The van der Waals surface area contributed by atoms with Gasteiger partial charge in [0.1, 0.15) is 0 Å². The lowest BCUT2D eigenvalue weighted by atomic mass is 9.93. The second kappa shape index (κ2) is 5.53. The van der Waals surface area contributed by atoms with E-state index in [-0.39, 0.29) is 11.3 Å². The average Bonchev–Trinajstić information content (AvgIpc) is 2.78. The van der Waals surface area contributed by atoms with Crippen molar-refractivity contribution in [2.24, 2.45) is 0 Å². The van der Waals surface area contributed by atoms with Gasteiger partial charge < -0.3 is 5.32 Å². The van der Waals surface area contributed by atoms with E-state index in [1.54, 1.807) is 0 Å². The molecule has 1 N–H and O–H groups in total. The molecule has 0 aliphatic rings. The number of amides is 1. The van der Waals surface area contributed by atoms with Crippen molar-refractivity contribution in [2.45, 2.75) is 32.6 Å². The molecule has 19 heavy (non-hydrogen) atoms. The van der Waals surface area contributed by atoms with Gasteiger partial charge in [-0.25, -0.2) is 4.98 Å². The molecular weight excluding hydrogens is 256 g/mol. The summed E-state index contributed by atoms with van der Waals surface area (Å²) in [7, 11) is 0. The Morgan fingerprint density at radius 1 is 1.26 bits per heavy atom. The molecule has 0 bridgehead atoms. The third-order valence-corrected chi connectivity index (χ3v) is 3.48. The Hall–Kier alpha value is -1.68. The van der Waals surface area contributed by atoms with E-state index in [2.05, 4.69) is 31.1 Å². The van der Waals surface area contributed by atoms with Gasteiger partial charge in [-0.3, -0.25) is 4.79 Å². The van der Waals surface area contributed by atoms with E-state index in [1.807, 2.05) is 35.7 Å². The molecule has 4 heteroatoms. The summed E-state index contributed by atoms with van der Waals surface area (Å²) in [5.74, 6) is -0.0268. The number of hydrogen-bond acceptors (Lipinski definition) is 3. The molecule has 0 saturated carbocycles. The zero-order chi connectivity index (χ0) is 13.9. The first-order valence-electron chi connectivity index (χ1n) is 6.25. The number of thiazole rings is 1. The number of rotatable bonds is 3. The Kier molecular flexibility index (Phi) is 4.00. The minimum Gasteiger partial charge on any atom is -0.302 e. The molecule has 0 radical (unpaired) electrons. The van der Waals surface area contributed by atoms with Crippen LogP contribution in [0.4, 0.5) is 5.13 Å². The van der Waals surface area contributed by atoms with Crippen LogP contribution in [0.25, 0.3) is 0 Å². The molecule has 0 unspecified atom stereocenters. The second-order valence-electron chi connectivity index (χ2n) is 5.50. The van der Waals surface area contributed by atoms with Gasteiger partial charge in [0.25, 0.3) is 0 Å². The zero-order valence-electron chi connectivity index (χ0n) is 11.4. The SMILES string of the molecule is CC(C)(C)c1csc(NC(=O)Cc2ccccc2)n1. The molecule has 1 heterocycles. The molecule has 1 amide bonds. The van der Waals surface area contributed by atoms with Gasteiger partial charge in [0.15, 0.2) is 5.13 Å². The highest BCUT2D eigenvalue weighted by molar-refractivity contribution is 7.13. The van der Waals surface area contributed by atoms with Gasteiger partial charge >= 0.3 is 0 Å². The van der Waals surface area contributed by atoms with Crippen LogP contribution in [-0.2, 0) is 16.6 Å². The van der Waals surface area contributed by atoms with E-state index in [0.717, 1.165) is 11.3 Å². The van der Waals surface area contributed by atoms with E-state index in [4.69, 9.17) is 0 Å². The Balaban J connectivity index is 1.98. The Bertz CT molecular complexity index is 555. The standard InChI is InChI=1S/C15H18N2OS/c1-15(2,3)12-10-19-14(16-12)17-13(18)9-11-7-5-4-6-8-11/h4-8,10H,9H2,1-3H3,(H,16,17,18). The predicted molar refractivity (Wildman–Crippen MR) is 79.6 cm³/mol. The summed E-state index contributed by atoms with van der Waals surface area (Å²) in [6.07, 6.45) is 0.380. The van der Waals surface area contributed by atoms with Gasteiger partial charge in [0.2, 0.25) is 5.91 Å². The van der Waals surface area contributed by atoms with Crippen molar-refractivity contribution in [1.29, 1.82) is 0 Å². The number of anilines is 1. The third-order valence-electron chi connectivity index (χ3n) is 2.73. The molecule has 1 aromatic carbocycles. The maximum Gasteiger partial charge on any atom is 0.230 e. The summed E-state index contributed by atoms with van der Waals surface area (Å²) in [4.78, 5) is 16.3. The van der Waals surface area contributed by atoms with Crippen molar-refractivity contribution in [3.05, 3.63) is 47.0 Å². The average molecular weight is 274 g/mol. The number of aromatic nitrogens is 1. The lowest BCUT2D eigenvalue weighted by Crippen LogP contribution is -2.15. The molecule has 0 saturated heterocycles. The van der Waals surface area contributed by atoms with Crippen molar-refractivity contribution < 1.29 is 4.79 Å². The normalized spacial score (nSPS) is 11.3. The first-order valence-corrected chi connectivity index (χ1v) is 7.13. The second-order valence-corrected chi connectivity index (χ2v) is 6.36. The number of carbonyl (C=O) groups is 1. The van der Waals surface area contributed by atoms with Crippen LogP contribution in [0.5, 0.6) is 0 Å². The first-order chi connectivity index (χ1) is 8.95. The minimum absolute atomic E-state index is 0.0128.